The fourth-order valence-electron chi connectivity index (χ4n) is 3.29. The summed E-state index contributed by atoms with van der Waals surface area (Å²) in [5, 5.41) is 7.40. The van der Waals surface area contributed by atoms with Gasteiger partial charge >= 0.3 is 0 Å². The van der Waals surface area contributed by atoms with Crippen molar-refractivity contribution in [3.05, 3.63) is 88.5 Å². The lowest BCUT2D eigenvalue weighted by Gasteiger charge is -2.12. The molecular formula is C23H22N4O2. The molecule has 0 unspecified atom stereocenters. The number of nitrogens with zero attached hydrogens (tertiary/aromatic N) is 3. The number of aromatic nitrogens is 3. The molecular weight excluding hydrogens is 364 g/mol. The zero-order valence-corrected chi connectivity index (χ0v) is 16.4. The fourth-order valence-corrected chi connectivity index (χ4v) is 3.29. The van der Waals surface area contributed by atoms with Gasteiger partial charge in [0, 0.05) is 24.6 Å². The second-order valence-corrected chi connectivity index (χ2v) is 7.04. The van der Waals surface area contributed by atoms with E-state index in [1.165, 1.54) is 4.68 Å². The number of rotatable bonds is 5. The molecule has 0 spiro atoms. The lowest BCUT2D eigenvalue weighted by Crippen LogP contribution is -2.17. The third-order valence-corrected chi connectivity index (χ3v) is 4.76. The average Bonchev–Trinajstić information content (AvgIpc) is 3.07. The Bertz CT molecular complexity index is 1170. The van der Waals surface area contributed by atoms with E-state index in [4.69, 9.17) is 0 Å². The number of benzene rings is 2. The molecule has 2 aliphatic heterocycles. The summed E-state index contributed by atoms with van der Waals surface area (Å²) in [4.78, 5) is 26.1. The van der Waals surface area contributed by atoms with Gasteiger partial charge in [0.1, 0.15) is 5.69 Å². The molecule has 29 heavy (non-hydrogen) atoms. The second kappa shape index (κ2) is 7.75. The minimum Gasteiger partial charge on any atom is -0.353 e. The summed E-state index contributed by atoms with van der Waals surface area (Å²) < 4.78 is 3.23. The van der Waals surface area contributed by atoms with Gasteiger partial charge in [0.2, 0.25) is 0 Å². The lowest BCUT2D eigenvalue weighted by atomic mass is 10.1. The summed E-state index contributed by atoms with van der Waals surface area (Å²) in [5.41, 5.74) is 3.45. The van der Waals surface area contributed by atoms with Crippen molar-refractivity contribution in [3.8, 4) is 16.9 Å². The van der Waals surface area contributed by atoms with Crippen molar-refractivity contribution < 1.29 is 4.79 Å². The molecule has 0 aromatic heterocycles. The molecule has 2 aromatic carbocycles. The van der Waals surface area contributed by atoms with Crippen LogP contribution in [0, 0.1) is 6.92 Å². The Balaban J connectivity index is 1.82. The maximum atomic E-state index is 13.1. The monoisotopic (exact) mass is 386 g/mol. The van der Waals surface area contributed by atoms with Crippen LogP contribution in [0.3, 0.4) is 0 Å². The van der Waals surface area contributed by atoms with E-state index in [0.717, 1.165) is 12.0 Å². The van der Waals surface area contributed by atoms with Crippen LogP contribution < -0.4 is 10.9 Å². The van der Waals surface area contributed by atoms with E-state index in [0.29, 0.717) is 34.7 Å². The third kappa shape index (κ3) is 3.69. The van der Waals surface area contributed by atoms with Crippen molar-refractivity contribution in [3.63, 3.8) is 0 Å². The van der Waals surface area contributed by atoms with E-state index in [9.17, 15) is 9.59 Å². The first-order chi connectivity index (χ1) is 14.1. The highest BCUT2D eigenvalue weighted by Crippen LogP contribution is 2.23. The first-order valence-corrected chi connectivity index (χ1v) is 9.63. The summed E-state index contributed by atoms with van der Waals surface area (Å²) in [6, 6.07) is 16.8. The van der Waals surface area contributed by atoms with Gasteiger partial charge in [0.25, 0.3) is 11.5 Å². The first-order valence-electron chi connectivity index (χ1n) is 9.63. The SMILES string of the molecule is CCCn1cc(C(=O)Nc2ccc(C)cc2)c2nn(-c3ccccc3)c(=O)c-2c1. The number of amides is 1. The van der Waals surface area contributed by atoms with Gasteiger partial charge in [-0.05, 0) is 37.6 Å². The highest BCUT2D eigenvalue weighted by molar-refractivity contribution is 6.08. The van der Waals surface area contributed by atoms with E-state index in [2.05, 4.69) is 17.3 Å². The number of pyridine rings is 1. The van der Waals surface area contributed by atoms with Gasteiger partial charge in [0.05, 0.1) is 16.8 Å². The molecule has 2 aliphatic rings. The Morgan fingerprint density at radius 2 is 1.76 bits per heavy atom. The predicted molar refractivity (Wildman–Crippen MR) is 114 cm³/mol. The smallest absolute Gasteiger partial charge is 0.282 e. The molecule has 0 saturated carbocycles. The second-order valence-electron chi connectivity index (χ2n) is 7.04. The largest absolute Gasteiger partial charge is 0.353 e. The van der Waals surface area contributed by atoms with E-state index >= 15 is 0 Å². The van der Waals surface area contributed by atoms with Crippen LogP contribution in [0.25, 0.3) is 16.9 Å². The number of anilines is 1. The molecule has 1 amide bonds. The molecule has 2 heterocycles. The van der Waals surface area contributed by atoms with E-state index in [-0.39, 0.29) is 11.5 Å². The Hall–Kier alpha value is -3.67. The van der Waals surface area contributed by atoms with Gasteiger partial charge < -0.3 is 9.88 Å². The molecule has 0 fully saturated rings. The van der Waals surface area contributed by atoms with Crippen LogP contribution in [0.15, 0.2) is 71.8 Å². The standard InChI is InChI=1S/C23H22N4O2/c1-3-13-26-14-19(22(28)24-17-11-9-16(2)10-12-17)21-20(15-26)23(29)27(25-21)18-7-5-4-6-8-18/h4-12,14-15H,3,13H2,1-2H3,(H,24,28). The maximum Gasteiger partial charge on any atom is 0.282 e. The fraction of sp³-hybridized carbons (Fsp3) is 0.174. The van der Waals surface area contributed by atoms with Gasteiger partial charge in [-0.3, -0.25) is 9.59 Å². The molecule has 6 heteroatoms. The van der Waals surface area contributed by atoms with Crippen LogP contribution in [0.2, 0.25) is 0 Å². The molecule has 0 saturated heterocycles. The van der Waals surface area contributed by atoms with Gasteiger partial charge in [-0.1, -0.05) is 42.8 Å². The van der Waals surface area contributed by atoms with Crippen molar-refractivity contribution in [2.45, 2.75) is 26.8 Å². The number of hydrogen-bond donors (Lipinski definition) is 1. The van der Waals surface area contributed by atoms with Crippen LogP contribution in [-0.2, 0) is 6.54 Å². The van der Waals surface area contributed by atoms with Crippen LogP contribution in [0.4, 0.5) is 5.69 Å². The molecule has 4 rings (SSSR count). The molecule has 0 aliphatic carbocycles. The van der Waals surface area contributed by atoms with Gasteiger partial charge in [-0.15, -0.1) is 0 Å². The Morgan fingerprint density at radius 1 is 1.03 bits per heavy atom. The number of aryl methyl sites for hydroxylation is 2. The van der Waals surface area contributed by atoms with Crippen molar-refractivity contribution in [2.24, 2.45) is 0 Å². The Morgan fingerprint density at radius 3 is 2.45 bits per heavy atom. The zero-order chi connectivity index (χ0) is 20.4. The normalized spacial score (nSPS) is 11.0. The van der Waals surface area contributed by atoms with Crippen LogP contribution in [0.1, 0.15) is 29.3 Å². The highest BCUT2D eigenvalue weighted by Gasteiger charge is 2.24. The van der Waals surface area contributed by atoms with Gasteiger partial charge in [-0.2, -0.15) is 9.78 Å². The Kier molecular flexibility index (Phi) is 4.99. The average molecular weight is 386 g/mol. The number of nitrogens with one attached hydrogen (secondary N) is 1. The van der Waals surface area contributed by atoms with Gasteiger partial charge in [-0.25, -0.2) is 0 Å². The topological polar surface area (TPSA) is 68.9 Å². The third-order valence-electron chi connectivity index (χ3n) is 4.76. The number of fused-ring (bicyclic) bond motifs is 1. The number of para-hydroxylation sites is 1. The van der Waals surface area contributed by atoms with Crippen molar-refractivity contribution in [2.75, 3.05) is 5.32 Å². The summed E-state index contributed by atoms with van der Waals surface area (Å²) in [7, 11) is 0. The van der Waals surface area contributed by atoms with Crippen molar-refractivity contribution in [1.82, 2.24) is 14.3 Å². The van der Waals surface area contributed by atoms with E-state index in [1.54, 1.807) is 12.4 Å². The minimum absolute atomic E-state index is 0.235. The lowest BCUT2D eigenvalue weighted by molar-refractivity contribution is 0.102. The molecule has 1 N–H and O–H groups in total. The molecule has 0 bridgehead atoms. The maximum absolute atomic E-state index is 13.1. The molecule has 146 valence electrons. The summed E-state index contributed by atoms with van der Waals surface area (Å²) >= 11 is 0. The van der Waals surface area contributed by atoms with E-state index in [1.807, 2.05) is 66.1 Å². The number of carbonyl (C=O) groups excluding carboxylic acids is 1. The zero-order valence-electron chi connectivity index (χ0n) is 16.4. The molecule has 0 atom stereocenters. The molecule has 0 radical (unpaired) electrons. The number of hydrogen-bond acceptors (Lipinski definition) is 3. The van der Waals surface area contributed by atoms with Crippen LogP contribution in [-0.4, -0.2) is 20.3 Å². The number of carbonyl (C=O) groups is 1. The van der Waals surface area contributed by atoms with Crippen LogP contribution in [0.5, 0.6) is 0 Å². The Labute approximate surface area is 168 Å². The minimum atomic E-state index is -0.290. The summed E-state index contributed by atoms with van der Waals surface area (Å²) in [5.74, 6) is -0.290. The van der Waals surface area contributed by atoms with E-state index < -0.39 is 0 Å². The first kappa shape index (κ1) is 18.7. The highest BCUT2D eigenvalue weighted by atomic mass is 16.2. The van der Waals surface area contributed by atoms with Crippen molar-refractivity contribution in [1.29, 1.82) is 0 Å². The molecule has 6 nitrogen and oxygen atoms in total. The molecule has 2 aromatic rings. The van der Waals surface area contributed by atoms with Crippen molar-refractivity contribution >= 4 is 11.6 Å². The van der Waals surface area contributed by atoms with Crippen LogP contribution >= 0.6 is 0 Å². The summed E-state index contributed by atoms with van der Waals surface area (Å²) in [6.07, 6.45) is 4.42. The quantitative estimate of drug-likeness (QED) is 0.561. The predicted octanol–water partition coefficient (Wildman–Crippen LogP) is 4.11. The van der Waals surface area contributed by atoms with Gasteiger partial charge in [0.15, 0.2) is 0 Å². The summed E-state index contributed by atoms with van der Waals surface area (Å²) in [6.45, 7) is 4.75.